The Balaban J connectivity index is 1.37. The molecule has 0 radical (unpaired) electrons. The number of methoxy groups -OCH3 is 1. The molecule has 0 amide bonds. The number of hydrogen-bond acceptors (Lipinski definition) is 6. The number of hydrogen-bond donors (Lipinski definition) is 0. The molecule has 1 fully saturated rings. The maximum absolute atomic E-state index is 5.88. The lowest BCUT2D eigenvalue weighted by atomic mass is 10.2. The van der Waals surface area contributed by atoms with E-state index in [9.17, 15) is 0 Å². The fourth-order valence-electron chi connectivity index (χ4n) is 3.39. The number of nitrogens with zero attached hydrogens (tertiary/aromatic N) is 4. The number of rotatable bonds is 5. The monoisotopic (exact) mass is 364 g/mol. The second-order valence-electron chi connectivity index (χ2n) is 6.68. The average molecular weight is 364 g/mol. The Hall–Kier alpha value is -2.86. The van der Waals surface area contributed by atoms with Crippen molar-refractivity contribution in [3.05, 3.63) is 60.5 Å². The molecule has 0 atom stereocenters. The molecule has 1 aliphatic heterocycles. The van der Waals surface area contributed by atoms with E-state index in [0.29, 0.717) is 18.3 Å². The van der Waals surface area contributed by atoms with Crippen LogP contribution in [-0.4, -0.2) is 48.4 Å². The quantitative estimate of drug-likeness (QED) is 0.691. The summed E-state index contributed by atoms with van der Waals surface area (Å²) in [5.74, 6) is 2.02. The molecule has 27 heavy (non-hydrogen) atoms. The highest BCUT2D eigenvalue weighted by atomic mass is 16.5. The smallest absolute Gasteiger partial charge is 0.247 e. The third-order valence-corrected chi connectivity index (χ3v) is 4.87. The Morgan fingerprint density at radius 3 is 2.52 bits per heavy atom. The van der Waals surface area contributed by atoms with Crippen molar-refractivity contribution in [3.63, 3.8) is 0 Å². The van der Waals surface area contributed by atoms with E-state index in [1.807, 2.05) is 24.3 Å². The highest BCUT2D eigenvalue weighted by Gasteiger charge is 2.18. The van der Waals surface area contributed by atoms with E-state index >= 15 is 0 Å². The van der Waals surface area contributed by atoms with Crippen LogP contribution in [0.4, 0.5) is 5.69 Å². The molecule has 0 saturated carbocycles. The van der Waals surface area contributed by atoms with Gasteiger partial charge in [-0.25, -0.2) is 0 Å². The Kier molecular flexibility index (Phi) is 5.34. The maximum Gasteiger partial charge on any atom is 0.247 e. The minimum atomic E-state index is 0.549. The zero-order valence-electron chi connectivity index (χ0n) is 15.5. The van der Waals surface area contributed by atoms with E-state index < -0.39 is 0 Å². The van der Waals surface area contributed by atoms with Gasteiger partial charge in [-0.3, -0.25) is 4.90 Å². The van der Waals surface area contributed by atoms with Crippen molar-refractivity contribution in [3.8, 4) is 17.2 Å². The van der Waals surface area contributed by atoms with Crippen molar-refractivity contribution in [1.82, 2.24) is 15.1 Å². The summed E-state index contributed by atoms with van der Waals surface area (Å²) in [5.41, 5.74) is 2.19. The van der Waals surface area contributed by atoms with Crippen molar-refractivity contribution in [2.45, 2.75) is 13.0 Å². The van der Waals surface area contributed by atoms with Gasteiger partial charge in [-0.15, -0.1) is 10.2 Å². The van der Waals surface area contributed by atoms with Crippen LogP contribution >= 0.6 is 0 Å². The first-order valence-electron chi connectivity index (χ1n) is 9.31. The number of aromatic nitrogens is 2. The van der Waals surface area contributed by atoms with Gasteiger partial charge in [0.1, 0.15) is 5.75 Å². The summed E-state index contributed by atoms with van der Waals surface area (Å²) in [6, 6.07) is 18.2. The third-order valence-electron chi connectivity index (χ3n) is 4.87. The van der Waals surface area contributed by atoms with Crippen molar-refractivity contribution >= 4 is 5.69 Å². The fourth-order valence-corrected chi connectivity index (χ4v) is 3.39. The Labute approximate surface area is 159 Å². The van der Waals surface area contributed by atoms with Gasteiger partial charge in [-0.05, 0) is 42.8 Å². The van der Waals surface area contributed by atoms with Gasteiger partial charge in [0.05, 0.1) is 13.7 Å². The summed E-state index contributed by atoms with van der Waals surface area (Å²) >= 11 is 0. The van der Waals surface area contributed by atoms with Crippen LogP contribution in [0.15, 0.2) is 59.0 Å². The highest BCUT2D eigenvalue weighted by Crippen LogP contribution is 2.22. The molecule has 0 unspecified atom stereocenters. The van der Waals surface area contributed by atoms with Gasteiger partial charge >= 0.3 is 0 Å². The van der Waals surface area contributed by atoms with Crippen molar-refractivity contribution in [1.29, 1.82) is 0 Å². The van der Waals surface area contributed by atoms with Gasteiger partial charge in [0.25, 0.3) is 0 Å². The predicted octanol–water partition coefficient (Wildman–Crippen LogP) is 3.46. The molecule has 0 aliphatic carbocycles. The molecule has 140 valence electrons. The van der Waals surface area contributed by atoms with E-state index in [-0.39, 0.29) is 0 Å². The molecule has 6 nitrogen and oxygen atoms in total. The molecule has 6 heteroatoms. The molecular weight excluding hydrogens is 340 g/mol. The summed E-state index contributed by atoms with van der Waals surface area (Å²) in [6.45, 7) is 4.77. The first-order chi connectivity index (χ1) is 13.3. The summed E-state index contributed by atoms with van der Waals surface area (Å²) < 4.78 is 11.1. The van der Waals surface area contributed by atoms with Crippen LogP contribution in [0.25, 0.3) is 11.5 Å². The molecule has 3 aromatic rings. The normalized spacial score (nSPS) is 15.5. The molecule has 1 aromatic heterocycles. The van der Waals surface area contributed by atoms with Gasteiger partial charge in [0.15, 0.2) is 0 Å². The third kappa shape index (κ3) is 4.28. The second kappa shape index (κ2) is 8.22. The summed E-state index contributed by atoms with van der Waals surface area (Å²) in [6.07, 6.45) is 1.12. The lowest BCUT2D eigenvalue weighted by Gasteiger charge is -2.23. The van der Waals surface area contributed by atoms with Gasteiger partial charge in [0.2, 0.25) is 11.8 Å². The molecule has 4 rings (SSSR count). The molecule has 0 spiro atoms. The lowest BCUT2D eigenvalue weighted by molar-refractivity contribution is 0.256. The Morgan fingerprint density at radius 2 is 1.74 bits per heavy atom. The van der Waals surface area contributed by atoms with Crippen molar-refractivity contribution < 1.29 is 9.15 Å². The summed E-state index contributed by atoms with van der Waals surface area (Å²) in [7, 11) is 1.65. The Morgan fingerprint density at radius 1 is 0.926 bits per heavy atom. The molecule has 2 heterocycles. The first kappa shape index (κ1) is 17.5. The maximum atomic E-state index is 5.88. The van der Waals surface area contributed by atoms with E-state index in [2.05, 4.69) is 50.3 Å². The van der Waals surface area contributed by atoms with Gasteiger partial charge in [0, 0.05) is 37.4 Å². The number of ether oxygens (including phenoxy) is 1. The molecule has 1 aliphatic rings. The zero-order valence-corrected chi connectivity index (χ0v) is 15.5. The second-order valence-corrected chi connectivity index (χ2v) is 6.68. The van der Waals surface area contributed by atoms with Gasteiger partial charge in [-0.2, -0.15) is 0 Å². The van der Waals surface area contributed by atoms with Crippen LogP contribution in [0.2, 0.25) is 0 Å². The summed E-state index contributed by atoms with van der Waals surface area (Å²) in [5, 5.41) is 8.43. The van der Waals surface area contributed by atoms with Crippen LogP contribution < -0.4 is 9.64 Å². The average Bonchev–Trinajstić information content (AvgIpc) is 3.06. The standard InChI is InChI=1S/C21H24N4O2/c1-26-19-10-8-17(9-11-19)21-23-22-20(27-21)16-24-12-5-13-25(15-14-24)18-6-3-2-4-7-18/h2-4,6-11H,5,12-16H2,1H3. The molecule has 0 N–H and O–H groups in total. The van der Waals surface area contributed by atoms with Crippen LogP contribution in [0.3, 0.4) is 0 Å². The van der Waals surface area contributed by atoms with Gasteiger partial charge in [-0.1, -0.05) is 18.2 Å². The van der Waals surface area contributed by atoms with Gasteiger partial charge < -0.3 is 14.1 Å². The highest BCUT2D eigenvalue weighted by molar-refractivity contribution is 5.54. The van der Waals surface area contributed by atoms with E-state index in [0.717, 1.165) is 43.9 Å². The number of benzene rings is 2. The zero-order chi connectivity index (χ0) is 18.5. The van der Waals surface area contributed by atoms with E-state index in [4.69, 9.17) is 9.15 Å². The van der Waals surface area contributed by atoms with E-state index in [1.165, 1.54) is 5.69 Å². The summed E-state index contributed by atoms with van der Waals surface area (Å²) in [4.78, 5) is 4.82. The fraction of sp³-hybridized carbons (Fsp3) is 0.333. The Bertz CT molecular complexity index is 848. The van der Waals surface area contributed by atoms with E-state index in [1.54, 1.807) is 7.11 Å². The van der Waals surface area contributed by atoms with Crippen molar-refractivity contribution in [2.75, 3.05) is 38.2 Å². The number of para-hydroxylation sites is 1. The van der Waals surface area contributed by atoms with Crippen molar-refractivity contribution in [2.24, 2.45) is 0 Å². The van der Waals surface area contributed by atoms with Crippen LogP contribution in [0, 0.1) is 0 Å². The number of anilines is 1. The lowest BCUT2D eigenvalue weighted by Crippen LogP contribution is -2.30. The SMILES string of the molecule is COc1ccc(-c2nnc(CN3CCCN(c4ccccc4)CC3)o2)cc1. The predicted molar refractivity (Wildman–Crippen MR) is 105 cm³/mol. The molecule has 2 aromatic carbocycles. The van der Waals surface area contributed by atoms with Crippen LogP contribution in [0.5, 0.6) is 5.75 Å². The topological polar surface area (TPSA) is 54.6 Å². The largest absolute Gasteiger partial charge is 0.497 e. The van der Waals surface area contributed by atoms with Crippen LogP contribution in [0.1, 0.15) is 12.3 Å². The first-order valence-corrected chi connectivity index (χ1v) is 9.31. The molecule has 0 bridgehead atoms. The molecular formula is C21H24N4O2. The van der Waals surface area contributed by atoms with Crippen LogP contribution in [-0.2, 0) is 6.54 Å². The minimum Gasteiger partial charge on any atom is -0.497 e. The molecule has 1 saturated heterocycles. The minimum absolute atomic E-state index is 0.549.